The van der Waals surface area contributed by atoms with Crippen LogP contribution in [0, 0.1) is 0 Å². The van der Waals surface area contributed by atoms with Crippen LogP contribution in [-0.2, 0) is 25.8 Å². The number of hydrogen-bond donors (Lipinski definition) is 1. The van der Waals surface area contributed by atoms with E-state index in [-0.39, 0.29) is 23.4 Å². The highest BCUT2D eigenvalue weighted by atomic mass is 32.2. The minimum absolute atomic E-state index is 0.0780. The minimum atomic E-state index is -4.72. The van der Waals surface area contributed by atoms with Crippen molar-refractivity contribution in [2.24, 2.45) is 0 Å². The van der Waals surface area contributed by atoms with Crippen LogP contribution in [-0.4, -0.2) is 20.2 Å². The second-order valence-electron chi connectivity index (χ2n) is 5.77. The van der Waals surface area contributed by atoms with Gasteiger partial charge in [-0.1, -0.05) is 12.1 Å². The van der Waals surface area contributed by atoms with Crippen LogP contribution in [0.15, 0.2) is 53.4 Å². The zero-order chi connectivity index (χ0) is 19.8. The molecule has 0 unspecified atom stereocenters. The summed E-state index contributed by atoms with van der Waals surface area (Å²) in [6.07, 6.45) is -4.57. The van der Waals surface area contributed by atoms with Gasteiger partial charge in [0.15, 0.2) is 0 Å². The lowest BCUT2D eigenvalue weighted by Gasteiger charge is -2.16. The molecule has 0 radical (unpaired) electrons. The SMILES string of the molecule is O=C1CCC(=O)N1c1ccc(S(=O)(=O)Nc2ccccc2C(F)(F)F)cc1. The number of carbonyl (C=O) groups is 2. The topological polar surface area (TPSA) is 83.6 Å². The molecule has 1 N–H and O–H groups in total. The number of rotatable bonds is 4. The highest BCUT2D eigenvalue weighted by Gasteiger charge is 2.34. The number of benzene rings is 2. The van der Waals surface area contributed by atoms with Gasteiger partial charge in [-0.3, -0.25) is 19.2 Å². The largest absolute Gasteiger partial charge is 0.418 e. The molecule has 6 nitrogen and oxygen atoms in total. The molecule has 10 heteroatoms. The summed E-state index contributed by atoms with van der Waals surface area (Å²) in [6, 6.07) is 8.96. The van der Waals surface area contributed by atoms with Gasteiger partial charge < -0.3 is 0 Å². The van der Waals surface area contributed by atoms with E-state index in [1.54, 1.807) is 0 Å². The van der Waals surface area contributed by atoms with Crippen LogP contribution < -0.4 is 9.62 Å². The van der Waals surface area contributed by atoms with E-state index in [0.29, 0.717) is 0 Å². The molecule has 0 spiro atoms. The smallest absolute Gasteiger partial charge is 0.279 e. The lowest BCUT2D eigenvalue weighted by atomic mass is 10.2. The van der Waals surface area contributed by atoms with Crippen molar-refractivity contribution in [3.05, 3.63) is 54.1 Å². The fourth-order valence-electron chi connectivity index (χ4n) is 2.66. The molecule has 2 aromatic carbocycles. The van der Waals surface area contributed by atoms with Crippen molar-refractivity contribution in [1.29, 1.82) is 0 Å². The number of nitrogens with one attached hydrogen (secondary N) is 1. The lowest BCUT2D eigenvalue weighted by molar-refractivity contribution is -0.137. The zero-order valence-electron chi connectivity index (χ0n) is 13.7. The Morgan fingerprint density at radius 1 is 0.889 bits per heavy atom. The quantitative estimate of drug-likeness (QED) is 0.802. The Kier molecular flexibility index (Phi) is 4.68. The molecule has 0 aliphatic carbocycles. The van der Waals surface area contributed by atoms with Crippen molar-refractivity contribution in [1.82, 2.24) is 0 Å². The molecule has 1 aliphatic heterocycles. The maximum Gasteiger partial charge on any atom is 0.418 e. The van der Waals surface area contributed by atoms with Crippen molar-refractivity contribution in [3.63, 3.8) is 0 Å². The number of carbonyl (C=O) groups excluding carboxylic acids is 2. The first-order valence-corrected chi connectivity index (χ1v) is 9.23. The van der Waals surface area contributed by atoms with Crippen molar-refractivity contribution < 1.29 is 31.2 Å². The number of alkyl halides is 3. The molecule has 0 bridgehead atoms. The van der Waals surface area contributed by atoms with Gasteiger partial charge in [0, 0.05) is 12.8 Å². The van der Waals surface area contributed by atoms with Crippen molar-refractivity contribution in [3.8, 4) is 0 Å². The van der Waals surface area contributed by atoms with Gasteiger partial charge in [0.1, 0.15) is 0 Å². The van der Waals surface area contributed by atoms with Crippen molar-refractivity contribution in [2.45, 2.75) is 23.9 Å². The molecule has 1 saturated heterocycles. The van der Waals surface area contributed by atoms with Gasteiger partial charge in [-0.25, -0.2) is 8.42 Å². The Morgan fingerprint density at radius 3 is 2.00 bits per heavy atom. The molecule has 0 aromatic heterocycles. The van der Waals surface area contributed by atoms with Gasteiger partial charge in [0.25, 0.3) is 10.0 Å². The number of para-hydroxylation sites is 1. The maximum atomic E-state index is 13.0. The molecule has 1 fully saturated rings. The highest BCUT2D eigenvalue weighted by Crippen LogP contribution is 2.35. The van der Waals surface area contributed by atoms with Gasteiger partial charge >= 0.3 is 6.18 Å². The molecule has 1 heterocycles. The zero-order valence-corrected chi connectivity index (χ0v) is 14.5. The second-order valence-corrected chi connectivity index (χ2v) is 7.45. The number of amides is 2. The summed E-state index contributed by atoms with van der Waals surface area (Å²) in [4.78, 5) is 24.1. The molecule has 3 rings (SSSR count). The van der Waals surface area contributed by atoms with Gasteiger partial charge in [0.05, 0.1) is 21.8 Å². The van der Waals surface area contributed by atoms with E-state index >= 15 is 0 Å². The maximum absolute atomic E-state index is 13.0. The van der Waals surface area contributed by atoms with Gasteiger partial charge in [-0.15, -0.1) is 0 Å². The Bertz CT molecular complexity index is 986. The first-order valence-electron chi connectivity index (χ1n) is 7.74. The number of halogens is 3. The van der Waals surface area contributed by atoms with E-state index in [9.17, 15) is 31.2 Å². The van der Waals surface area contributed by atoms with Gasteiger partial charge in [-0.05, 0) is 36.4 Å². The summed E-state index contributed by atoms with van der Waals surface area (Å²) in [5, 5.41) is 0. The summed E-state index contributed by atoms with van der Waals surface area (Å²) in [5.74, 6) is -0.791. The van der Waals surface area contributed by atoms with Crippen LogP contribution in [0.25, 0.3) is 0 Å². The molecule has 0 saturated carbocycles. The van der Waals surface area contributed by atoms with Crippen LogP contribution in [0.1, 0.15) is 18.4 Å². The average molecular weight is 398 g/mol. The first kappa shape index (κ1) is 18.9. The molecule has 0 atom stereocenters. The third-order valence-electron chi connectivity index (χ3n) is 3.93. The third-order valence-corrected chi connectivity index (χ3v) is 5.31. The minimum Gasteiger partial charge on any atom is -0.279 e. The third kappa shape index (κ3) is 3.80. The monoisotopic (exact) mass is 398 g/mol. The van der Waals surface area contributed by atoms with Gasteiger partial charge in [-0.2, -0.15) is 13.2 Å². The fraction of sp³-hybridized carbons (Fsp3) is 0.176. The summed E-state index contributed by atoms with van der Waals surface area (Å²) >= 11 is 0. The molecule has 2 amide bonds. The average Bonchev–Trinajstić information content (AvgIpc) is 2.93. The molecule has 142 valence electrons. The number of nitrogens with zero attached hydrogens (tertiary/aromatic N) is 1. The lowest BCUT2D eigenvalue weighted by Crippen LogP contribution is -2.28. The highest BCUT2D eigenvalue weighted by molar-refractivity contribution is 7.92. The van der Waals surface area contributed by atoms with Crippen LogP contribution in [0.4, 0.5) is 24.5 Å². The van der Waals surface area contributed by atoms with Crippen LogP contribution >= 0.6 is 0 Å². The summed E-state index contributed by atoms with van der Waals surface area (Å²) < 4.78 is 65.8. The predicted molar refractivity (Wildman–Crippen MR) is 90.4 cm³/mol. The second kappa shape index (κ2) is 6.69. The van der Waals surface area contributed by atoms with E-state index in [1.165, 1.54) is 18.2 Å². The van der Waals surface area contributed by atoms with E-state index in [1.807, 2.05) is 4.72 Å². The Balaban J connectivity index is 1.89. The van der Waals surface area contributed by atoms with Crippen LogP contribution in [0.2, 0.25) is 0 Å². The first-order chi connectivity index (χ1) is 12.6. The van der Waals surface area contributed by atoms with Crippen molar-refractivity contribution in [2.75, 3.05) is 9.62 Å². The summed E-state index contributed by atoms with van der Waals surface area (Å²) in [6.45, 7) is 0. The Hall–Kier alpha value is -2.88. The molecule has 2 aromatic rings. The molecule has 1 aliphatic rings. The van der Waals surface area contributed by atoms with Crippen molar-refractivity contribution >= 4 is 33.2 Å². The predicted octanol–water partition coefficient (Wildman–Crippen LogP) is 3.16. The standard InChI is InChI=1S/C17H13F3N2O4S/c18-17(19,20)13-3-1-2-4-14(13)21-27(25,26)12-7-5-11(6-8-12)22-15(23)9-10-16(22)24/h1-8,21H,9-10H2. The van der Waals surface area contributed by atoms with E-state index in [2.05, 4.69) is 0 Å². The van der Waals surface area contributed by atoms with E-state index in [0.717, 1.165) is 35.2 Å². The number of hydrogen-bond acceptors (Lipinski definition) is 4. The van der Waals surface area contributed by atoms with Gasteiger partial charge in [0.2, 0.25) is 11.8 Å². The molecular weight excluding hydrogens is 385 g/mol. The fourth-order valence-corrected chi connectivity index (χ4v) is 3.74. The summed E-state index contributed by atoms with van der Waals surface area (Å²) in [7, 11) is -4.30. The molecular formula is C17H13F3N2O4S. The van der Waals surface area contributed by atoms with E-state index in [4.69, 9.17) is 0 Å². The van der Waals surface area contributed by atoms with Crippen LogP contribution in [0.3, 0.4) is 0 Å². The normalized spacial score (nSPS) is 15.3. The summed E-state index contributed by atoms with van der Waals surface area (Å²) in [5.41, 5.74) is -1.51. The Morgan fingerprint density at radius 2 is 1.44 bits per heavy atom. The van der Waals surface area contributed by atoms with E-state index < -0.39 is 39.3 Å². The number of anilines is 2. The number of imide groups is 1. The Labute approximate surface area is 152 Å². The number of sulfonamides is 1. The van der Waals surface area contributed by atoms with Crippen LogP contribution in [0.5, 0.6) is 0 Å². The molecule has 27 heavy (non-hydrogen) atoms.